The van der Waals surface area contributed by atoms with E-state index in [2.05, 4.69) is 21.1 Å². The van der Waals surface area contributed by atoms with Gasteiger partial charge in [-0.1, -0.05) is 0 Å². The molecular formula is C7H4N3S. The van der Waals surface area contributed by atoms with Crippen LogP contribution in [-0.2, 0) is 0 Å². The quantitative estimate of drug-likeness (QED) is 0.636. The highest BCUT2D eigenvalue weighted by Gasteiger charge is 1.98. The molecule has 4 heteroatoms. The number of hydrogen-bond acceptors (Lipinski definition) is 4. The average molecular weight is 162 g/mol. The van der Waals surface area contributed by atoms with Crippen molar-refractivity contribution in [2.24, 2.45) is 0 Å². The summed E-state index contributed by atoms with van der Waals surface area (Å²) in [5.41, 5.74) is 3.40. The lowest BCUT2D eigenvalue weighted by atomic mass is 10.4. The number of aromatic nitrogens is 3. The molecule has 0 aliphatic rings. The van der Waals surface area contributed by atoms with E-state index in [1.807, 2.05) is 5.38 Å². The van der Waals surface area contributed by atoms with E-state index in [-0.39, 0.29) is 0 Å². The standard InChI is InChI=1S/C7H4N3S/c1-2-9-6(3-8-1)7-4-11-5-10-7/h1,3-5H. The molecule has 53 valence electrons. The van der Waals surface area contributed by atoms with Crippen molar-refractivity contribution in [3.63, 3.8) is 0 Å². The zero-order chi connectivity index (χ0) is 7.52. The molecule has 0 saturated heterocycles. The molecule has 11 heavy (non-hydrogen) atoms. The Morgan fingerprint density at radius 2 is 2.36 bits per heavy atom. The first-order valence-corrected chi connectivity index (χ1v) is 3.98. The van der Waals surface area contributed by atoms with Crippen molar-refractivity contribution in [2.75, 3.05) is 0 Å². The van der Waals surface area contributed by atoms with E-state index < -0.39 is 0 Å². The van der Waals surface area contributed by atoms with Crippen LogP contribution in [0.15, 0.2) is 23.3 Å². The summed E-state index contributed by atoms with van der Waals surface area (Å²) in [7, 11) is 0. The van der Waals surface area contributed by atoms with Crippen molar-refractivity contribution in [2.45, 2.75) is 0 Å². The average Bonchev–Trinajstić information content (AvgIpc) is 2.58. The van der Waals surface area contributed by atoms with Crippen LogP contribution < -0.4 is 0 Å². The molecule has 0 bridgehead atoms. The van der Waals surface area contributed by atoms with Gasteiger partial charge in [0.25, 0.3) is 0 Å². The van der Waals surface area contributed by atoms with E-state index in [1.54, 1.807) is 23.0 Å². The Kier molecular flexibility index (Phi) is 1.61. The summed E-state index contributed by atoms with van der Waals surface area (Å²) < 4.78 is 0. The fraction of sp³-hybridized carbons (Fsp3) is 0. The van der Waals surface area contributed by atoms with E-state index in [0.29, 0.717) is 0 Å². The van der Waals surface area contributed by atoms with E-state index >= 15 is 0 Å². The van der Waals surface area contributed by atoms with Crippen LogP contribution in [0, 0.1) is 6.20 Å². The summed E-state index contributed by atoms with van der Waals surface area (Å²) >= 11 is 1.54. The number of nitrogens with zero attached hydrogens (tertiary/aromatic N) is 3. The number of rotatable bonds is 1. The van der Waals surface area contributed by atoms with Crippen LogP contribution in [0.5, 0.6) is 0 Å². The van der Waals surface area contributed by atoms with Crippen LogP contribution in [0.2, 0.25) is 0 Å². The van der Waals surface area contributed by atoms with Crippen LogP contribution in [0.4, 0.5) is 0 Å². The lowest BCUT2D eigenvalue weighted by molar-refractivity contribution is 1.18. The minimum absolute atomic E-state index is 0.772. The first-order valence-electron chi connectivity index (χ1n) is 3.03. The molecule has 0 fully saturated rings. The first-order chi connectivity index (χ1) is 5.47. The molecule has 0 spiro atoms. The van der Waals surface area contributed by atoms with E-state index in [1.165, 1.54) is 6.20 Å². The maximum absolute atomic E-state index is 4.08. The second kappa shape index (κ2) is 2.75. The van der Waals surface area contributed by atoms with Gasteiger partial charge < -0.3 is 0 Å². The van der Waals surface area contributed by atoms with Gasteiger partial charge in [-0.25, -0.2) is 9.97 Å². The minimum Gasteiger partial charge on any atom is -0.260 e. The van der Waals surface area contributed by atoms with Crippen LogP contribution in [0.25, 0.3) is 11.4 Å². The molecule has 0 atom stereocenters. The van der Waals surface area contributed by atoms with Gasteiger partial charge in [-0.2, -0.15) is 0 Å². The Morgan fingerprint density at radius 1 is 1.36 bits per heavy atom. The van der Waals surface area contributed by atoms with Gasteiger partial charge in [-0.05, 0) is 0 Å². The summed E-state index contributed by atoms with van der Waals surface area (Å²) in [4.78, 5) is 11.9. The van der Waals surface area contributed by atoms with Gasteiger partial charge in [0.15, 0.2) is 0 Å². The van der Waals surface area contributed by atoms with Crippen LogP contribution in [-0.4, -0.2) is 15.0 Å². The van der Waals surface area contributed by atoms with Crippen molar-refractivity contribution in [3.05, 3.63) is 29.5 Å². The fourth-order valence-electron chi connectivity index (χ4n) is 0.731. The molecule has 0 aromatic carbocycles. The lowest BCUT2D eigenvalue weighted by Crippen LogP contribution is -1.83. The Balaban J connectivity index is 2.46. The predicted octanol–water partition coefficient (Wildman–Crippen LogP) is 1.40. The van der Waals surface area contributed by atoms with Crippen molar-refractivity contribution in [1.29, 1.82) is 0 Å². The zero-order valence-corrected chi connectivity index (χ0v) is 6.38. The molecule has 2 rings (SSSR count). The first kappa shape index (κ1) is 6.42. The molecular weight excluding hydrogens is 158 g/mol. The molecule has 1 radical (unpaired) electrons. The van der Waals surface area contributed by atoms with Gasteiger partial charge in [-0.3, -0.25) is 4.98 Å². The second-order valence-electron chi connectivity index (χ2n) is 1.91. The maximum atomic E-state index is 4.08. The summed E-state index contributed by atoms with van der Waals surface area (Å²) in [5.74, 6) is 0. The van der Waals surface area contributed by atoms with Gasteiger partial charge in [-0.15, -0.1) is 11.3 Å². The lowest BCUT2D eigenvalue weighted by Gasteiger charge is -1.89. The molecule has 2 aromatic heterocycles. The molecule has 0 unspecified atom stereocenters. The van der Waals surface area contributed by atoms with E-state index in [0.717, 1.165) is 11.4 Å². The Labute approximate surface area is 67.8 Å². The molecule has 2 heterocycles. The Morgan fingerprint density at radius 3 is 3.00 bits per heavy atom. The monoisotopic (exact) mass is 162 g/mol. The van der Waals surface area contributed by atoms with Gasteiger partial charge in [0.2, 0.25) is 0 Å². The second-order valence-corrected chi connectivity index (χ2v) is 2.63. The van der Waals surface area contributed by atoms with Crippen LogP contribution >= 0.6 is 11.3 Å². The zero-order valence-electron chi connectivity index (χ0n) is 5.56. The third kappa shape index (κ3) is 1.25. The van der Waals surface area contributed by atoms with Crippen molar-refractivity contribution < 1.29 is 0 Å². The van der Waals surface area contributed by atoms with Crippen molar-refractivity contribution >= 4 is 11.3 Å². The molecule has 0 saturated carbocycles. The summed E-state index contributed by atoms with van der Waals surface area (Å²) in [6, 6.07) is 0. The SMILES string of the molecule is [c]1cncc(-c2cscn2)n1. The molecule has 0 N–H and O–H groups in total. The van der Waals surface area contributed by atoms with Crippen LogP contribution in [0.3, 0.4) is 0 Å². The van der Waals surface area contributed by atoms with Gasteiger partial charge in [0, 0.05) is 5.38 Å². The van der Waals surface area contributed by atoms with Crippen LogP contribution in [0.1, 0.15) is 0 Å². The van der Waals surface area contributed by atoms with Crippen molar-refractivity contribution in [3.8, 4) is 11.4 Å². The number of thiazole rings is 1. The normalized spacial score (nSPS) is 9.82. The van der Waals surface area contributed by atoms with E-state index in [4.69, 9.17) is 0 Å². The topological polar surface area (TPSA) is 38.7 Å². The molecule has 0 amide bonds. The maximum Gasteiger partial charge on any atom is 0.109 e. The highest BCUT2D eigenvalue weighted by atomic mass is 32.1. The third-order valence-electron chi connectivity index (χ3n) is 1.21. The Hall–Kier alpha value is -1.29. The third-order valence-corrected chi connectivity index (χ3v) is 1.80. The highest BCUT2D eigenvalue weighted by Crippen LogP contribution is 2.13. The summed E-state index contributed by atoms with van der Waals surface area (Å²) in [5, 5.41) is 1.93. The predicted molar refractivity (Wildman–Crippen MR) is 42.0 cm³/mol. The van der Waals surface area contributed by atoms with Crippen molar-refractivity contribution in [1.82, 2.24) is 15.0 Å². The molecule has 0 aliphatic carbocycles. The molecule has 2 aromatic rings. The molecule has 3 nitrogen and oxygen atoms in total. The largest absolute Gasteiger partial charge is 0.260 e. The highest BCUT2D eigenvalue weighted by molar-refractivity contribution is 7.07. The fourth-order valence-corrected chi connectivity index (χ4v) is 1.28. The smallest absolute Gasteiger partial charge is 0.109 e. The van der Waals surface area contributed by atoms with Gasteiger partial charge in [0.1, 0.15) is 17.6 Å². The summed E-state index contributed by atoms with van der Waals surface area (Å²) in [6.45, 7) is 0. The minimum atomic E-state index is 0.772. The number of hydrogen-bond donors (Lipinski definition) is 0. The molecule has 0 aliphatic heterocycles. The summed E-state index contributed by atoms with van der Waals surface area (Å²) in [6.07, 6.45) is 5.85. The van der Waals surface area contributed by atoms with Gasteiger partial charge >= 0.3 is 0 Å². The van der Waals surface area contributed by atoms with Gasteiger partial charge in [0.05, 0.1) is 17.9 Å². The Bertz CT molecular complexity index is 317. The van der Waals surface area contributed by atoms with E-state index in [9.17, 15) is 0 Å².